The van der Waals surface area contributed by atoms with Gasteiger partial charge in [0, 0.05) is 17.0 Å². The van der Waals surface area contributed by atoms with Gasteiger partial charge in [0.2, 0.25) is 0 Å². The summed E-state index contributed by atoms with van der Waals surface area (Å²) in [5.41, 5.74) is 2.11. The number of rotatable bonds is 9. The number of methoxy groups -OCH3 is 1. The van der Waals surface area contributed by atoms with Crippen molar-refractivity contribution in [3.8, 4) is 11.5 Å². The molecule has 3 rings (SSSR count). The van der Waals surface area contributed by atoms with Crippen LogP contribution in [0, 0.1) is 0 Å². The van der Waals surface area contributed by atoms with Gasteiger partial charge in [0.05, 0.1) is 40.0 Å². The number of aromatic nitrogens is 1. The molecule has 0 aliphatic heterocycles. The summed E-state index contributed by atoms with van der Waals surface area (Å²) in [7, 11) is 1.59. The number of fused-ring (bicyclic) bond motifs is 1. The molecule has 0 fully saturated rings. The van der Waals surface area contributed by atoms with E-state index in [-0.39, 0.29) is 13.2 Å². The SMILES string of the molecule is CCCCn1c(COc2ccc(Cl)cc2Cl)c(C(=O)OCC)c2cc(OC)c(Br)cc21. The fourth-order valence-electron chi connectivity index (χ4n) is 3.45. The summed E-state index contributed by atoms with van der Waals surface area (Å²) in [5.74, 6) is 0.735. The third-order valence-corrected chi connectivity index (χ3v) is 6.07. The van der Waals surface area contributed by atoms with Crippen molar-refractivity contribution >= 4 is 56.0 Å². The van der Waals surface area contributed by atoms with Crippen molar-refractivity contribution < 1.29 is 19.0 Å². The standard InChI is InChI=1S/C23H24BrCl2NO4/c1-4-6-9-27-18-12-16(24)21(29-3)11-15(18)22(23(28)30-5-2)19(27)13-31-20-8-7-14(25)10-17(20)26/h7-8,10-12H,4-6,9,13H2,1-3H3. The lowest BCUT2D eigenvalue weighted by atomic mass is 10.1. The molecule has 0 atom stereocenters. The molecule has 0 saturated heterocycles. The third-order valence-electron chi connectivity index (χ3n) is 4.92. The van der Waals surface area contributed by atoms with Crippen LogP contribution >= 0.6 is 39.1 Å². The number of hydrogen-bond donors (Lipinski definition) is 0. The summed E-state index contributed by atoms with van der Waals surface area (Å²) >= 11 is 15.8. The van der Waals surface area contributed by atoms with Crippen molar-refractivity contribution in [2.75, 3.05) is 13.7 Å². The van der Waals surface area contributed by atoms with E-state index < -0.39 is 5.97 Å². The molecule has 0 amide bonds. The minimum atomic E-state index is -0.395. The van der Waals surface area contributed by atoms with E-state index in [1.165, 1.54) is 0 Å². The normalized spacial score (nSPS) is 11.0. The van der Waals surface area contributed by atoms with Crippen molar-refractivity contribution in [1.82, 2.24) is 4.57 Å². The molecule has 0 saturated carbocycles. The smallest absolute Gasteiger partial charge is 0.340 e. The first-order chi connectivity index (χ1) is 14.9. The second kappa shape index (κ2) is 10.6. The van der Waals surface area contributed by atoms with Crippen molar-refractivity contribution in [3.05, 3.63) is 56.1 Å². The maximum absolute atomic E-state index is 13.0. The molecular formula is C23H24BrCl2NO4. The van der Waals surface area contributed by atoms with Crippen LogP contribution in [0.25, 0.3) is 10.9 Å². The number of halogens is 3. The number of nitrogens with zero attached hydrogens (tertiary/aromatic N) is 1. The summed E-state index contributed by atoms with van der Waals surface area (Å²) in [6.07, 6.45) is 1.96. The Kier molecular flexibility index (Phi) is 8.14. The van der Waals surface area contributed by atoms with Crippen molar-refractivity contribution in [1.29, 1.82) is 0 Å². The highest BCUT2D eigenvalue weighted by Crippen LogP contribution is 2.37. The molecule has 0 unspecified atom stereocenters. The van der Waals surface area contributed by atoms with Crippen LogP contribution in [0.3, 0.4) is 0 Å². The molecule has 1 aromatic heterocycles. The van der Waals surface area contributed by atoms with Crippen LogP contribution in [-0.2, 0) is 17.9 Å². The van der Waals surface area contributed by atoms with Gasteiger partial charge in [-0.2, -0.15) is 0 Å². The fraction of sp³-hybridized carbons (Fsp3) is 0.348. The maximum Gasteiger partial charge on any atom is 0.340 e. The zero-order valence-corrected chi connectivity index (χ0v) is 20.7. The number of esters is 1. The predicted octanol–water partition coefficient (Wildman–Crippen LogP) is 7.28. The van der Waals surface area contributed by atoms with E-state index in [1.54, 1.807) is 32.2 Å². The van der Waals surface area contributed by atoms with E-state index in [1.807, 2.05) is 12.1 Å². The minimum absolute atomic E-state index is 0.147. The minimum Gasteiger partial charge on any atom is -0.496 e. The monoisotopic (exact) mass is 527 g/mol. The Hall–Kier alpha value is -1.89. The summed E-state index contributed by atoms with van der Waals surface area (Å²) in [6.45, 7) is 5.07. The molecule has 0 N–H and O–H groups in total. The molecule has 166 valence electrons. The first kappa shape index (κ1) is 23.8. The molecule has 2 aromatic carbocycles. The van der Waals surface area contributed by atoms with Gasteiger partial charge in [-0.15, -0.1) is 0 Å². The molecule has 3 aromatic rings. The lowest BCUT2D eigenvalue weighted by molar-refractivity contribution is 0.0525. The van der Waals surface area contributed by atoms with E-state index in [4.69, 9.17) is 37.4 Å². The number of carbonyl (C=O) groups is 1. The van der Waals surface area contributed by atoms with Crippen molar-refractivity contribution in [2.24, 2.45) is 0 Å². The van der Waals surface area contributed by atoms with Gasteiger partial charge in [0.15, 0.2) is 0 Å². The van der Waals surface area contributed by atoms with Gasteiger partial charge in [0.25, 0.3) is 0 Å². The Morgan fingerprint density at radius 2 is 1.90 bits per heavy atom. The summed E-state index contributed by atoms with van der Waals surface area (Å²) in [6, 6.07) is 8.87. The van der Waals surface area contributed by atoms with Crippen LogP contribution in [0.15, 0.2) is 34.8 Å². The molecule has 0 aliphatic rings. The highest BCUT2D eigenvalue weighted by Gasteiger charge is 2.25. The lowest BCUT2D eigenvalue weighted by Gasteiger charge is -2.14. The first-order valence-corrected chi connectivity index (χ1v) is 11.6. The molecular weight excluding hydrogens is 505 g/mol. The highest BCUT2D eigenvalue weighted by atomic mass is 79.9. The van der Waals surface area contributed by atoms with E-state index in [0.717, 1.165) is 40.5 Å². The van der Waals surface area contributed by atoms with Crippen LogP contribution in [0.5, 0.6) is 11.5 Å². The van der Waals surface area contributed by atoms with Crippen LogP contribution < -0.4 is 9.47 Å². The van der Waals surface area contributed by atoms with Crippen molar-refractivity contribution in [2.45, 2.75) is 39.8 Å². The average Bonchev–Trinajstić information content (AvgIpc) is 3.03. The lowest BCUT2D eigenvalue weighted by Crippen LogP contribution is -2.13. The Balaban J connectivity index is 2.16. The van der Waals surface area contributed by atoms with Crippen LogP contribution in [0.4, 0.5) is 0 Å². The van der Waals surface area contributed by atoms with Gasteiger partial charge in [-0.05, 0) is 59.6 Å². The molecule has 31 heavy (non-hydrogen) atoms. The second-order valence-electron chi connectivity index (χ2n) is 6.91. The van der Waals surface area contributed by atoms with E-state index in [9.17, 15) is 4.79 Å². The van der Waals surface area contributed by atoms with Gasteiger partial charge in [-0.25, -0.2) is 4.79 Å². The first-order valence-electron chi connectivity index (χ1n) is 10.0. The van der Waals surface area contributed by atoms with Gasteiger partial charge < -0.3 is 18.8 Å². The van der Waals surface area contributed by atoms with Gasteiger partial charge in [-0.3, -0.25) is 0 Å². The summed E-state index contributed by atoms with van der Waals surface area (Å²) in [4.78, 5) is 13.0. The van der Waals surface area contributed by atoms with Gasteiger partial charge in [-0.1, -0.05) is 36.5 Å². The van der Waals surface area contributed by atoms with Crippen LogP contribution in [-0.4, -0.2) is 24.3 Å². The Morgan fingerprint density at radius 3 is 2.55 bits per heavy atom. The summed E-state index contributed by atoms with van der Waals surface area (Å²) < 4.78 is 19.8. The Bertz CT molecular complexity index is 1100. The fourth-order valence-corrected chi connectivity index (χ4v) is 4.41. The zero-order chi connectivity index (χ0) is 22.5. The number of carbonyl (C=O) groups excluding carboxylic acids is 1. The maximum atomic E-state index is 13.0. The molecule has 5 nitrogen and oxygen atoms in total. The van der Waals surface area contributed by atoms with Gasteiger partial charge in [0.1, 0.15) is 18.1 Å². The number of aryl methyl sites for hydroxylation is 1. The third kappa shape index (κ3) is 5.13. The number of unbranched alkanes of at least 4 members (excludes halogenated alkanes) is 1. The molecule has 0 spiro atoms. The zero-order valence-electron chi connectivity index (χ0n) is 17.6. The summed E-state index contributed by atoms with van der Waals surface area (Å²) in [5, 5.41) is 1.69. The molecule has 0 bridgehead atoms. The molecule has 8 heteroatoms. The predicted molar refractivity (Wildman–Crippen MR) is 128 cm³/mol. The largest absolute Gasteiger partial charge is 0.496 e. The number of ether oxygens (including phenoxy) is 3. The van der Waals surface area contributed by atoms with Crippen LogP contribution in [0.2, 0.25) is 10.0 Å². The quantitative estimate of drug-likeness (QED) is 0.274. The molecule has 0 aliphatic carbocycles. The highest BCUT2D eigenvalue weighted by molar-refractivity contribution is 9.10. The van der Waals surface area contributed by atoms with Crippen LogP contribution in [0.1, 0.15) is 42.7 Å². The van der Waals surface area contributed by atoms with Crippen molar-refractivity contribution in [3.63, 3.8) is 0 Å². The topological polar surface area (TPSA) is 49.7 Å². The number of hydrogen-bond acceptors (Lipinski definition) is 4. The van der Waals surface area contributed by atoms with E-state index in [2.05, 4.69) is 27.4 Å². The van der Waals surface area contributed by atoms with E-state index in [0.29, 0.717) is 27.1 Å². The Labute approximate surface area is 200 Å². The number of benzene rings is 2. The van der Waals surface area contributed by atoms with Gasteiger partial charge >= 0.3 is 5.97 Å². The molecule has 1 heterocycles. The Morgan fingerprint density at radius 1 is 1.13 bits per heavy atom. The molecule has 0 radical (unpaired) electrons. The second-order valence-corrected chi connectivity index (χ2v) is 8.61. The van der Waals surface area contributed by atoms with E-state index >= 15 is 0 Å². The average molecular weight is 529 g/mol.